The molecular formula is C39H46N4O5S. The Morgan fingerprint density at radius 1 is 1.06 bits per heavy atom. The molecule has 2 bridgehead atoms. The molecule has 1 aromatic heterocycles. The van der Waals surface area contributed by atoms with Crippen LogP contribution in [-0.4, -0.2) is 78.7 Å². The van der Waals surface area contributed by atoms with E-state index in [0.29, 0.717) is 37.3 Å². The third-order valence-electron chi connectivity index (χ3n) is 12.9. The summed E-state index contributed by atoms with van der Waals surface area (Å²) >= 11 is 0. The number of carbonyl (C=O) groups excluding carboxylic acids is 2. The number of carbonyl (C=O) groups is 2. The number of rotatable bonds is 8. The quantitative estimate of drug-likeness (QED) is 0.296. The summed E-state index contributed by atoms with van der Waals surface area (Å²) in [6.07, 6.45) is 10.6. The van der Waals surface area contributed by atoms with Crippen LogP contribution in [0.4, 0.5) is 0 Å². The van der Waals surface area contributed by atoms with Crippen LogP contribution in [0, 0.1) is 5.41 Å². The first-order valence-electron chi connectivity index (χ1n) is 18.1. The molecule has 2 aromatic carbocycles. The lowest BCUT2D eigenvalue weighted by Gasteiger charge is -2.56. The Morgan fingerprint density at radius 2 is 1.82 bits per heavy atom. The van der Waals surface area contributed by atoms with Crippen LogP contribution in [0.1, 0.15) is 97.5 Å². The summed E-state index contributed by atoms with van der Waals surface area (Å²) in [7, 11) is -0.0412. The number of aromatic nitrogens is 1. The van der Waals surface area contributed by atoms with E-state index in [4.69, 9.17) is 4.74 Å². The maximum atomic E-state index is 14.8. The minimum absolute atomic E-state index is 0.0783. The lowest BCUT2D eigenvalue weighted by molar-refractivity contribution is -0.159. The summed E-state index contributed by atoms with van der Waals surface area (Å²) in [4.78, 5) is 33.1. The number of likely N-dealkylation sites (N-methyl/N-ethyl adjacent to an activating group) is 1. The number of piperidine rings is 1. The van der Waals surface area contributed by atoms with E-state index >= 15 is 0 Å². The fourth-order valence-corrected chi connectivity index (χ4v) is 11.7. The first kappa shape index (κ1) is 31.4. The largest absolute Gasteiger partial charge is 0.497 e. The molecule has 0 radical (unpaired) electrons. The molecule has 2 saturated heterocycles. The van der Waals surface area contributed by atoms with Gasteiger partial charge in [-0.25, -0.2) is 13.1 Å². The highest BCUT2D eigenvalue weighted by molar-refractivity contribution is 7.91. The smallest absolute Gasteiger partial charge is 0.264 e. The fourth-order valence-electron chi connectivity index (χ4n) is 10.1. The average molecular weight is 683 g/mol. The van der Waals surface area contributed by atoms with Gasteiger partial charge in [0.2, 0.25) is 15.9 Å². The number of sulfonamides is 1. The number of allylic oxidation sites excluding steroid dienone is 1. The predicted octanol–water partition coefficient (Wildman–Crippen LogP) is 5.94. The predicted molar refractivity (Wildman–Crippen MR) is 189 cm³/mol. The zero-order valence-electron chi connectivity index (χ0n) is 28.5. The summed E-state index contributed by atoms with van der Waals surface area (Å²) in [5, 5.41) is 1.09. The number of methoxy groups -OCH3 is 1. The number of benzene rings is 2. The molecule has 3 aromatic rings. The van der Waals surface area contributed by atoms with Crippen LogP contribution in [0.15, 0.2) is 49.1 Å². The third kappa shape index (κ3) is 4.62. The Morgan fingerprint density at radius 3 is 2.51 bits per heavy atom. The molecule has 1 N–H and O–H groups in total. The minimum Gasteiger partial charge on any atom is -0.497 e. The van der Waals surface area contributed by atoms with E-state index in [1.807, 2.05) is 18.2 Å². The van der Waals surface area contributed by atoms with Gasteiger partial charge in [-0.15, -0.1) is 6.58 Å². The van der Waals surface area contributed by atoms with Crippen molar-refractivity contribution in [3.63, 3.8) is 0 Å². The molecule has 4 unspecified atom stereocenters. The molecule has 4 heterocycles. The van der Waals surface area contributed by atoms with Crippen LogP contribution in [0.5, 0.6) is 5.75 Å². The molecule has 258 valence electrons. The molecule has 0 spiro atoms. The van der Waals surface area contributed by atoms with Crippen molar-refractivity contribution in [3.05, 3.63) is 65.7 Å². The number of likely N-dealkylation sites (tertiary alicyclic amines) is 2. The van der Waals surface area contributed by atoms with Crippen molar-refractivity contribution in [1.82, 2.24) is 19.1 Å². The molecule has 3 aliphatic carbocycles. The highest BCUT2D eigenvalue weighted by atomic mass is 32.2. The summed E-state index contributed by atoms with van der Waals surface area (Å²) in [6.45, 7) is 6.09. The zero-order valence-corrected chi connectivity index (χ0v) is 29.4. The molecule has 3 aliphatic heterocycles. The summed E-state index contributed by atoms with van der Waals surface area (Å²) in [5.74, 6) is 0.880. The number of ether oxygens (including phenoxy) is 1. The SMILES string of the molecule is C=CCC1(S(=O)(=O)NC(=O)c2ccc3c(C4CCCCC4)c4n(c3c2)CC2(C(=O)N3C5CC3CN(C)C5)CC2c2cc(OC)ccc2-4)CC1. The number of nitrogens with zero attached hydrogens (tertiary/aromatic N) is 3. The van der Waals surface area contributed by atoms with E-state index in [9.17, 15) is 18.0 Å². The third-order valence-corrected chi connectivity index (χ3v) is 15.1. The standard InChI is InChI=1S/C39H46N4O5S/c1-4-14-38(15-16-38)49(46,47)40-36(44)25-10-12-30-33(17-25)42-23-39(37(45)43-26-18-27(43)22-41(2)21-26)20-32(39)31-19-28(48-3)11-13-29(31)35(42)34(30)24-8-6-5-7-9-24/h4,10-13,17,19,24,26-27,32H,1,5-9,14-16,18,20-23H2,2-3H3,(H,40,44). The number of fused-ring (bicyclic) bond motifs is 9. The van der Waals surface area contributed by atoms with Crippen LogP contribution in [-0.2, 0) is 21.4 Å². The number of piperazine rings is 1. The second-order valence-corrected chi connectivity index (χ2v) is 17.9. The molecular weight excluding hydrogens is 637 g/mol. The van der Waals surface area contributed by atoms with Gasteiger partial charge in [-0.1, -0.05) is 31.4 Å². The second-order valence-electron chi connectivity index (χ2n) is 15.9. The molecule has 6 aliphatic rings. The van der Waals surface area contributed by atoms with E-state index < -0.39 is 26.1 Å². The Bertz CT molecular complexity index is 2010. The van der Waals surface area contributed by atoms with Crippen LogP contribution in [0.3, 0.4) is 0 Å². The van der Waals surface area contributed by atoms with Gasteiger partial charge in [0.15, 0.2) is 0 Å². The Labute approximate surface area is 288 Å². The van der Waals surface area contributed by atoms with Gasteiger partial charge >= 0.3 is 0 Å². The summed E-state index contributed by atoms with van der Waals surface area (Å²) in [6, 6.07) is 12.5. The second kappa shape index (κ2) is 10.9. The van der Waals surface area contributed by atoms with Crippen molar-refractivity contribution in [2.45, 2.75) is 99.4 Å². The van der Waals surface area contributed by atoms with Crippen molar-refractivity contribution in [1.29, 1.82) is 0 Å². The van der Waals surface area contributed by atoms with Gasteiger partial charge in [0.25, 0.3) is 5.91 Å². The van der Waals surface area contributed by atoms with Crippen molar-refractivity contribution >= 4 is 32.7 Å². The summed E-state index contributed by atoms with van der Waals surface area (Å²) in [5.41, 5.74) is 5.40. The number of hydrogen-bond donors (Lipinski definition) is 1. The monoisotopic (exact) mass is 682 g/mol. The zero-order chi connectivity index (χ0) is 33.9. The van der Waals surface area contributed by atoms with Gasteiger partial charge in [-0.3, -0.25) is 9.59 Å². The van der Waals surface area contributed by atoms with Gasteiger partial charge in [0.05, 0.1) is 23.0 Å². The highest BCUT2D eigenvalue weighted by Gasteiger charge is 2.66. The van der Waals surface area contributed by atoms with Crippen molar-refractivity contribution in [3.8, 4) is 17.0 Å². The van der Waals surface area contributed by atoms with Gasteiger partial charge in [0.1, 0.15) is 5.75 Å². The molecule has 9 nitrogen and oxygen atoms in total. The molecule has 4 atom stereocenters. The maximum absolute atomic E-state index is 14.8. The van der Waals surface area contributed by atoms with E-state index in [1.165, 1.54) is 30.4 Å². The van der Waals surface area contributed by atoms with E-state index in [2.05, 4.69) is 44.8 Å². The lowest BCUT2D eigenvalue weighted by Crippen LogP contribution is -2.70. The first-order chi connectivity index (χ1) is 23.6. The lowest BCUT2D eigenvalue weighted by atomic mass is 9.81. The first-order valence-corrected chi connectivity index (χ1v) is 19.6. The van der Waals surface area contributed by atoms with Gasteiger partial charge < -0.3 is 19.1 Å². The molecule has 10 heteroatoms. The van der Waals surface area contributed by atoms with E-state index in [0.717, 1.165) is 66.7 Å². The highest BCUT2D eigenvalue weighted by Crippen LogP contribution is 2.67. The normalized spacial score (nSPS) is 28.4. The van der Waals surface area contributed by atoms with Crippen molar-refractivity contribution in [2.75, 3.05) is 27.2 Å². The Hall–Kier alpha value is -3.63. The minimum atomic E-state index is -3.88. The molecule has 49 heavy (non-hydrogen) atoms. The topological polar surface area (TPSA) is 101 Å². The van der Waals surface area contributed by atoms with Gasteiger partial charge in [-0.2, -0.15) is 0 Å². The number of hydrogen-bond acceptors (Lipinski definition) is 6. The van der Waals surface area contributed by atoms with Crippen LogP contribution < -0.4 is 9.46 Å². The molecule has 5 fully saturated rings. The van der Waals surface area contributed by atoms with E-state index in [1.54, 1.807) is 19.3 Å². The van der Waals surface area contributed by atoms with Crippen LogP contribution in [0.2, 0.25) is 0 Å². The number of amides is 2. The van der Waals surface area contributed by atoms with Crippen LogP contribution in [0.25, 0.3) is 22.2 Å². The molecule has 9 rings (SSSR count). The maximum Gasteiger partial charge on any atom is 0.264 e. The average Bonchev–Trinajstić information content (AvgIpc) is 4.01. The van der Waals surface area contributed by atoms with Crippen LogP contribution >= 0.6 is 0 Å². The molecule has 3 saturated carbocycles. The van der Waals surface area contributed by atoms with E-state index in [-0.39, 0.29) is 23.9 Å². The van der Waals surface area contributed by atoms with Crippen molar-refractivity contribution < 1.29 is 22.7 Å². The van der Waals surface area contributed by atoms with Gasteiger partial charge in [-0.05, 0) is 99.4 Å². The Balaban J connectivity index is 1.20. The van der Waals surface area contributed by atoms with Crippen molar-refractivity contribution in [2.24, 2.45) is 5.41 Å². The summed E-state index contributed by atoms with van der Waals surface area (Å²) < 4.78 is 36.3. The fraction of sp³-hybridized carbons (Fsp3) is 0.538. The molecule has 2 amide bonds. The Kier molecular flexibility index (Phi) is 7.00. The van der Waals surface area contributed by atoms with Gasteiger partial charge in [0, 0.05) is 59.7 Å². The number of nitrogens with one attached hydrogen (secondary N) is 1.